The number of benzene rings is 2. The minimum absolute atomic E-state index is 0.0264. The van der Waals surface area contributed by atoms with E-state index in [2.05, 4.69) is 10.1 Å². The standard InChI is InChI=1S/C22H21ClN4O2S/c1-2-29-17-9-7-16(8-10-17)15-20(28)27(14-13-26-12-4-11-24-26)22-25-21-18(23)5-3-6-19(21)30-22/h3-12H,2,13-15H2,1H3. The molecule has 0 radical (unpaired) electrons. The molecule has 2 heterocycles. The monoisotopic (exact) mass is 440 g/mol. The molecule has 4 rings (SSSR count). The predicted octanol–water partition coefficient (Wildman–Crippen LogP) is 4.82. The van der Waals surface area contributed by atoms with E-state index < -0.39 is 0 Å². The molecule has 2 aromatic carbocycles. The molecule has 0 aliphatic rings. The highest BCUT2D eigenvalue weighted by Gasteiger charge is 2.21. The van der Waals surface area contributed by atoms with Crippen molar-refractivity contribution in [3.8, 4) is 5.75 Å². The Labute approximate surface area is 183 Å². The average Bonchev–Trinajstić information content (AvgIpc) is 3.40. The second kappa shape index (κ2) is 9.28. The lowest BCUT2D eigenvalue weighted by atomic mass is 10.1. The van der Waals surface area contributed by atoms with E-state index in [9.17, 15) is 4.79 Å². The van der Waals surface area contributed by atoms with E-state index >= 15 is 0 Å². The van der Waals surface area contributed by atoms with Crippen molar-refractivity contribution >= 4 is 44.2 Å². The Hall–Kier alpha value is -2.90. The summed E-state index contributed by atoms with van der Waals surface area (Å²) >= 11 is 7.76. The molecule has 6 nitrogen and oxygen atoms in total. The van der Waals surface area contributed by atoms with Crippen molar-refractivity contribution in [2.45, 2.75) is 19.9 Å². The molecular weight excluding hydrogens is 420 g/mol. The summed E-state index contributed by atoms with van der Waals surface area (Å²) < 4.78 is 8.24. The molecule has 1 amide bonds. The number of halogens is 1. The average molecular weight is 441 g/mol. The number of aromatic nitrogens is 3. The van der Waals surface area contributed by atoms with Gasteiger partial charge in [0.2, 0.25) is 5.91 Å². The molecule has 0 bridgehead atoms. The molecule has 0 saturated carbocycles. The summed E-state index contributed by atoms with van der Waals surface area (Å²) in [5, 5.41) is 5.46. The van der Waals surface area contributed by atoms with Crippen molar-refractivity contribution in [1.29, 1.82) is 0 Å². The van der Waals surface area contributed by atoms with E-state index in [1.807, 2.05) is 61.7 Å². The largest absolute Gasteiger partial charge is 0.494 e. The first-order valence-electron chi connectivity index (χ1n) is 9.68. The molecule has 154 valence electrons. The highest BCUT2D eigenvalue weighted by molar-refractivity contribution is 7.22. The van der Waals surface area contributed by atoms with Gasteiger partial charge in [-0.25, -0.2) is 4.98 Å². The van der Waals surface area contributed by atoms with Crippen LogP contribution in [0.15, 0.2) is 60.9 Å². The van der Waals surface area contributed by atoms with E-state index in [1.54, 1.807) is 15.8 Å². The number of nitrogens with zero attached hydrogens (tertiary/aromatic N) is 4. The summed E-state index contributed by atoms with van der Waals surface area (Å²) in [5.74, 6) is 0.770. The lowest BCUT2D eigenvalue weighted by molar-refractivity contribution is -0.118. The molecule has 0 saturated heterocycles. The van der Waals surface area contributed by atoms with Crippen LogP contribution in [0, 0.1) is 0 Å². The van der Waals surface area contributed by atoms with E-state index in [-0.39, 0.29) is 12.3 Å². The number of ether oxygens (including phenoxy) is 1. The minimum atomic E-state index is -0.0264. The second-order valence-corrected chi connectivity index (χ2v) is 8.07. The Morgan fingerprint density at radius 1 is 1.20 bits per heavy atom. The Morgan fingerprint density at radius 3 is 2.73 bits per heavy atom. The van der Waals surface area contributed by atoms with Crippen LogP contribution in [0.3, 0.4) is 0 Å². The van der Waals surface area contributed by atoms with Crippen molar-refractivity contribution in [3.63, 3.8) is 0 Å². The molecule has 0 aliphatic carbocycles. The number of hydrogen-bond donors (Lipinski definition) is 0. The van der Waals surface area contributed by atoms with Gasteiger partial charge in [0.25, 0.3) is 0 Å². The summed E-state index contributed by atoms with van der Waals surface area (Å²) in [7, 11) is 0. The second-order valence-electron chi connectivity index (χ2n) is 6.65. The fraction of sp³-hybridized carbons (Fsp3) is 0.227. The van der Waals surface area contributed by atoms with Crippen molar-refractivity contribution < 1.29 is 9.53 Å². The van der Waals surface area contributed by atoms with Crippen LogP contribution in [0.5, 0.6) is 5.75 Å². The molecule has 2 aromatic heterocycles. The lowest BCUT2D eigenvalue weighted by Crippen LogP contribution is -2.35. The van der Waals surface area contributed by atoms with Crippen LogP contribution in [0.25, 0.3) is 10.2 Å². The van der Waals surface area contributed by atoms with Gasteiger partial charge in [-0.05, 0) is 42.8 Å². The first-order valence-corrected chi connectivity index (χ1v) is 10.9. The van der Waals surface area contributed by atoms with Gasteiger partial charge < -0.3 is 4.74 Å². The molecule has 8 heteroatoms. The quantitative estimate of drug-likeness (QED) is 0.394. The Kier molecular flexibility index (Phi) is 6.30. The number of carbonyl (C=O) groups is 1. The highest BCUT2D eigenvalue weighted by atomic mass is 35.5. The summed E-state index contributed by atoms with van der Waals surface area (Å²) in [6.45, 7) is 3.60. The van der Waals surface area contributed by atoms with Crippen LogP contribution >= 0.6 is 22.9 Å². The van der Waals surface area contributed by atoms with Gasteiger partial charge in [-0.1, -0.05) is 41.1 Å². The third-order valence-corrected chi connectivity index (χ3v) is 5.94. The fourth-order valence-electron chi connectivity index (χ4n) is 3.12. The number of rotatable bonds is 8. The number of anilines is 1. The summed E-state index contributed by atoms with van der Waals surface area (Å²) in [5.41, 5.74) is 1.64. The molecule has 30 heavy (non-hydrogen) atoms. The van der Waals surface area contributed by atoms with Crippen LogP contribution in [-0.2, 0) is 17.8 Å². The maximum atomic E-state index is 13.2. The Bertz CT molecular complexity index is 1130. The number of hydrogen-bond acceptors (Lipinski definition) is 5. The molecule has 0 atom stereocenters. The number of amides is 1. The van der Waals surface area contributed by atoms with Crippen molar-refractivity contribution in [2.75, 3.05) is 18.1 Å². The molecule has 0 spiro atoms. The topological polar surface area (TPSA) is 60.2 Å². The van der Waals surface area contributed by atoms with Crippen LogP contribution < -0.4 is 9.64 Å². The zero-order valence-corrected chi connectivity index (χ0v) is 18.1. The zero-order valence-electron chi connectivity index (χ0n) is 16.5. The van der Waals surface area contributed by atoms with Crippen molar-refractivity contribution in [1.82, 2.24) is 14.8 Å². The van der Waals surface area contributed by atoms with E-state index in [4.69, 9.17) is 16.3 Å². The lowest BCUT2D eigenvalue weighted by Gasteiger charge is -2.20. The van der Waals surface area contributed by atoms with Crippen LogP contribution in [-0.4, -0.2) is 33.8 Å². The van der Waals surface area contributed by atoms with Crippen LogP contribution in [0.1, 0.15) is 12.5 Å². The SMILES string of the molecule is CCOc1ccc(CC(=O)N(CCn2cccn2)c2nc3c(Cl)cccc3s2)cc1. The smallest absolute Gasteiger partial charge is 0.233 e. The van der Waals surface area contributed by atoms with Crippen LogP contribution in [0.4, 0.5) is 5.13 Å². The summed E-state index contributed by atoms with van der Waals surface area (Å²) in [4.78, 5) is 19.6. The molecule has 0 unspecified atom stereocenters. The van der Waals surface area contributed by atoms with Gasteiger partial charge in [0.1, 0.15) is 11.3 Å². The fourth-order valence-corrected chi connectivity index (χ4v) is 4.43. The normalized spacial score (nSPS) is 11.0. The molecule has 0 fully saturated rings. The van der Waals surface area contributed by atoms with Gasteiger partial charge in [0, 0.05) is 18.9 Å². The third-order valence-electron chi connectivity index (χ3n) is 4.59. The summed E-state index contributed by atoms with van der Waals surface area (Å²) in [6.07, 6.45) is 3.88. The first kappa shape index (κ1) is 20.4. The Balaban J connectivity index is 1.58. The van der Waals surface area contributed by atoms with E-state index in [1.165, 1.54) is 11.3 Å². The van der Waals surface area contributed by atoms with Crippen molar-refractivity contribution in [2.24, 2.45) is 0 Å². The number of thiazole rings is 1. The number of carbonyl (C=O) groups excluding carboxylic acids is 1. The van der Waals surface area contributed by atoms with Gasteiger partial charge in [-0.3, -0.25) is 14.4 Å². The van der Waals surface area contributed by atoms with E-state index in [0.717, 1.165) is 21.5 Å². The Morgan fingerprint density at radius 2 is 2.03 bits per heavy atom. The molecule has 0 aliphatic heterocycles. The summed E-state index contributed by atoms with van der Waals surface area (Å²) in [6, 6.07) is 15.1. The van der Waals surface area contributed by atoms with Gasteiger partial charge in [-0.2, -0.15) is 5.10 Å². The predicted molar refractivity (Wildman–Crippen MR) is 121 cm³/mol. The molecular formula is C22H21ClN4O2S. The number of para-hydroxylation sites is 1. The molecule has 0 N–H and O–H groups in total. The first-order chi connectivity index (χ1) is 14.6. The maximum Gasteiger partial charge on any atom is 0.233 e. The van der Waals surface area contributed by atoms with Gasteiger partial charge in [0.05, 0.1) is 29.3 Å². The van der Waals surface area contributed by atoms with Gasteiger partial charge >= 0.3 is 0 Å². The van der Waals surface area contributed by atoms with Gasteiger partial charge in [-0.15, -0.1) is 0 Å². The minimum Gasteiger partial charge on any atom is -0.494 e. The highest BCUT2D eigenvalue weighted by Crippen LogP contribution is 2.33. The van der Waals surface area contributed by atoms with E-state index in [0.29, 0.717) is 29.9 Å². The third kappa shape index (κ3) is 4.63. The number of fused-ring (bicyclic) bond motifs is 1. The van der Waals surface area contributed by atoms with Gasteiger partial charge in [0.15, 0.2) is 5.13 Å². The van der Waals surface area contributed by atoms with Crippen LogP contribution in [0.2, 0.25) is 5.02 Å². The zero-order chi connectivity index (χ0) is 20.9. The maximum absolute atomic E-state index is 13.2. The molecule has 4 aromatic rings. The van der Waals surface area contributed by atoms with Crippen molar-refractivity contribution in [3.05, 3.63) is 71.5 Å².